The minimum atomic E-state index is -0.514. The number of rotatable bonds is 18. The average molecular weight is 937 g/mol. The van der Waals surface area contributed by atoms with E-state index in [1.54, 1.807) is 51.4 Å². The molecule has 6 aromatic rings. The van der Waals surface area contributed by atoms with Gasteiger partial charge < -0.3 is 10.1 Å². The van der Waals surface area contributed by atoms with E-state index in [0.717, 1.165) is 79.4 Å². The second kappa shape index (κ2) is 23.0. The van der Waals surface area contributed by atoms with Crippen molar-refractivity contribution in [3.8, 4) is 0 Å². The molecule has 0 fully saturated rings. The van der Waals surface area contributed by atoms with Gasteiger partial charge in [-0.2, -0.15) is 10.2 Å². The number of nitrogens with one attached hydrogen (secondary N) is 2. The Hall–Kier alpha value is -5.94. The molecule has 0 unspecified atom stereocenters. The normalized spacial score (nSPS) is 11.6. The molecule has 0 aliphatic heterocycles. The second-order valence-electron chi connectivity index (χ2n) is 18.6. The summed E-state index contributed by atoms with van der Waals surface area (Å²) in [6, 6.07) is 11.7. The monoisotopic (exact) mass is 936 g/mol. The van der Waals surface area contributed by atoms with Crippen LogP contribution in [-0.4, -0.2) is 69.7 Å². The number of ether oxygens (including phenoxy) is 1. The van der Waals surface area contributed by atoms with Gasteiger partial charge in [-0.15, -0.1) is 22.7 Å². The van der Waals surface area contributed by atoms with Crippen molar-refractivity contribution in [1.82, 2.24) is 39.5 Å². The van der Waals surface area contributed by atoms with E-state index in [-0.39, 0.29) is 34.2 Å². The molecule has 0 atom stereocenters. The molecule has 6 rings (SSSR count). The Balaban J connectivity index is 0.000000247. The number of carbonyl (C=O) groups is 4. The topological polar surface area (TPSA) is 189 Å². The molecule has 15 nitrogen and oxygen atoms in total. The molecule has 66 heavy (non-hydrogen) atoms. The highest BCUT2D eigenvalue weighted by Crippen LogP contribution is 2.24. The summed E-state index contributed by atoms with van der Waals surface area (Å²) >= 11 is 3.15. The van der Waals surface area contributed by atoms with Crippen molar-refractivity contribution in [2.45, 2.75) is 125 Å². The first-order valence-electron chi connectivity index (χ1n) is 22.3. The third-order valence-electron chi connectivity index (χ3n) is 10.4. The summed E-state index contributed by atoms with van der Waals surface area (Å²) in [7, 11) is 3.77. The van der Waals surface area contributed by atoms with E-state index < -0.39 is 6.09 Å². The van der Waals surface area contributed by atoms with E-state index >= 15 is 0 Å². The van der Waals surface area contributed by atoms with Crippen molar-refractivity contribution in [3.05, 3.63) is 115 Å². The van der Waals surface area contributed by atoms with Crippen molar-refractivity contribution >= 4 is 57.9 Å². The maximum Gasteiger partial charge on any atom is 0.412 e. The summed E-state index contributed by atoms with van der Waals surface area (Å²) in [4.78, 5) is 68.2. The van der Waals surface area contributed by atoms with E-state index in [1.165, 1.54) is 0 Å². The quantitative estimate of drug-likeness (QED) is 0.0840. The number of anilines is 2. The van der Waals surface area contributed by atoms with Crippen LogP contribution >= 0.6 is 22.7 Å². The van der Waals surface area contributed by atoms with Crippen LogP contribution in [0, 0.1) is 5.92 Å². The lowest BCUT2D eigenvalue weighted by molar-refractivity contribution is -0.119. The van der Waals surface area contributed by atoms with Crippen molar-refractivity contribution in [2.75, 3.05) is 17.2 Å². The Labute approximate surface area is 396 Å². The van der Waals surface area contributed by atoms with Gasteiger partial charge in [-0.05, 0) is 80.1 Å². The van der Waals surface area contributed by atoms with Gasteiger partial charge in [0.05, 0.1) is 30.8 Å². The van der Waals surface area contributed by atoms with E-state index in [9.17, 15) is 19.2 Å². The zero-order valence-corrected chi connectivity index (χ0v) is 41.8. The van der Waals surface area contributed by atoms with Gasteiger partial charge in [-0.1, -0.05) is 55.4 Å². The Morgan fingerprint density at radius 1 is 0.636 bits per heavy atom. The number of aryl methyl sites for hydroxylation is 6. The molecule has 0 spiro atoms. The molecule has 0 aliphatic rings. The van der Waals surface area contributed by atoms with Gasteiger partial charge in [0.25, 0.3) is 0 Å². The third-order valence-corrected chi connectivity index (χ3v) is 12.5. The van der Waals surface area contributed by atoms with Crippen LogP contribution < -0.4 is 10.6 Å². The first-order chi connectivity index (χ1) is 31.1. The Morgan fingerprint density at radius 2 is 1.08 bits per heavy atom. The number of Topliss-reactive ketones (excluding diaryl/α,β-unsaturated/α-hetero) is 2. The van der Waals surface area contributed by atoms with Crippen LogP contribution in [0.1, 0.15) is 116 Å². The molecule has 17 heteroatoms. The van der Waals surface area contributed by atoms with Crippen molar-refractivity contribution in [3.63, 3.8) is 0 Å². The standard InChI is InChI=1S/C25H33N5O2S.C24H31N5O3S/c1-16(2)24(32)28-22-11-17(9-10-26-22)7-8-20-15-27-23(33-20)14-19(31)12-18-13-21(25(3,4)5)29-30(18)6;1-6-32-23(31)27-21-11-16(9-10-25-21)7-8-19-15-26-22(33-19)14-18(30)12-17-13-20(24(2,3)4)28-29(17)5/h9-11,13,15-16H,7-8,12,14H2,1-6H3,(H,26,28,32);9-11,13,15H,6-8,12,14H2,1-5H3,(H,25,27,31). The minimum Gasteiger partial charge on any atom is -0.450 e. The molecular formula is C49H64N10O5S2. The molecule has 0 saturated heterocycles. The maximum absolute atomic E-state index is 12.6. The van der Waals surface area contributed by atoms with Crippen LogP contribution in [0.3, 0.4) is 0 Å². The van der Waals surface area contributed by atoms with Gasteiger partial charge in [0.1, 0.15) is 33.2 Å². The molecule has 0 radical (unpaired) electrons. The molecule has 6 aromatic heterocycles. The number of thiazole rings is 2. The van der Waals surface area contributed by atoms with Gasteiger partial charge in [0, 0.05) is 89.6 Å². The lowest BCUT2D eigenvalue weighted by Gasteiger charge is -2.13. The van der Waals surface area contributed by atoms with Gasteiger partial charge in [-0.3, -0.25) is 29.1 Å². The van der Waals surface area contributed by atoms with Gasteiger partial charge in [0.2, 0.25) is 5.91 Å². The smallest absolute Gasteiger partial charge is 0.412 e. The number of aromatic nitrogens is 8. The lowest BCUT2D eigenvalue weighted by atomic mass is 9.92. The molecule has 2 N–H and O–H groups in total. The predicted molar refractivity (Wildman–Crippen MR) is 260 cm³/mol. The molecular weight excluding hydrogens is 873 g/mol. The Morgan fingerprint density at radius 3 is 1.47 bits per heavy atom. The highest BCUT2D eigenvalue weighted by Gasteiger charge is 2.22. The van der Waals surface area contributed by atoms with Crippen LogP contribution in [0.15, 0.2) is 61.2 Å². The Bertz CT molecular complexity index is 2590. The molecule has 0 aliphatic carbocycles. The number of hydrogen-bond acceptors (Lipinski definition) is 13. The predicted octanol–water partition coefficient (Wildman–Crippen LogP) is 8.58. The molecule has 2 amide bonds. The van der Waals surface area contributed by atoms with Gasteiger partial charge in [-0.25, -0.2) is 24.7 Å². The summed E-state index contributed by atoms with van der Waals surface area (Å²) in [5.74, 6) is 1.17. The second-order valence-corrected chi connectivity index (χ2v) is 21.0. The third kappa shape index (κ3) is 15.9. The summed E-state index contributed by atoms with van der Waals surface area (Å²) in [5.41, 5.74) is 5.89. The summed E-state index contributed by atoms with van der Waals surface area (Å²) in [6.45, 7) is 18.5. The van der Waals surface area contributed by atoms with Crippen molar-refractivity contribution in [2.24, 2.45) is 20.0 Å². The number of ketones is 2. The van der Waals surface area contributed by atoms with Crippen LogP contribution in [0.5, 0.6) is 0 Å². The molecule has 0 bridgehead atoms. The first kappa shape index (κ1) is 51.1. The van der Waals surface area contributed by atoms with E-state index in [0.29, 0.717) is 43.9 Å². The number of carbonyl (C=O) groups excluding carboxylic acids is 4. The fourth-order valence-corrected chi connectivity index (χ4v) is 8.41. The highest BCUT2D eigenvalue weighted by molar-refractivity contribution is 7.12. The van der Waals surface area contributed by atoms with Crippen LogP contribution in [-0.2, 0) is 95.4 Å². The molecule has 6 heterocycles. The van der Waals surface area contributed by atoms with Gasteiger partial charge >= 0.3 is 6.09 Å². The largest absolute Gasteiger partial charge is 0.450 e. The number of pyridine rings is 2. The summed E-state index contributed by atoms with van der Waals surface area (Å²) in [6.07, 6.45) is 11.1. The zero-order chi connectivity index (χ0) is 48.2. The maximum atomic E-state index is 12.6. The van der Waals surface area contributed by atoms with E-state index in [4.69, 9.17) is 4.74 Å². The van der Waals surface area contributed by atoms with Crippen LogP contribution in [0.25, 0.3) is 0 Å². The fourth-order valence-electron chi connectivity index (χ4n) is 6.51. The first-order valence-corrected chi connectivity index (χ1v) is 23.9. The Kier molecular flexibility index (Phi) is 17.8. The molecule has 0 aromatic carbocycles. The van der Waals surface area contributed by atoms with Gasteiger partial charge in [0.15, 0.2) is 0 Å². The van der Waals surface area contributed by atoms with E-state index in [1.807, 2.05) is 76.7 Å². The summed E-state index contributed by atoms with van der Waals surface area (Å²) in [5, 5.41) is 16.2. The lowest BCUT2D eigenvalue weighted by Crippen LogP contribution is -2.18. The minimum absolute atomic E-state index is 0.0428. The summed E-state index contributed by atoms with van der Waals surface area (Å²) < 4.78 is 8.48. The fraction of sp³-hybridized carbons (Fsp3) is 0.469. The number of hydrogen-bond donors (Lipinski definition) is 2. The van der Waals surface area contributed by atoms with Crippen LogP contribution in [0.2, 0.25) is 0 Å². The van der Waals surface area contributed by atoms with Crippen molar-refractivity contribution in [1.29, 1.82) is 0 Å². The number of amides is 2. The SMILES string of the molecule is CC(C)C(=O)Nc1cc(CCc2cnc(CC(=O)Cc3cc(C(C)(C)C)nn3C)s2)ccn1.CCOC(=O)Nc1cc(CCc2cnc(CC(=O)Cc3cc(C(C)(C)C)nn3C)s2)ccn1. The molecule has 0 saturated carbocycles. The average Bonchev–Trinajstić information content (AvgIpc) is 4.05. The molecule has 352 valence electrons. The highest BCUT2D eigenvalue weighted by atomic mass is 32.1. The zero-order valence-electron chi connectivity index (χ0n) is 40.2. The van der Waals surface area contributed by atoms with E-state index in [2.05, 4.69) is 82.3 Å². The van der Waals surface area contributed by atoms with Crippen molar-refractivity contribution < 1.29 is 23.9 Å². The van der Waals surface area contributed by atoms with Crippen LogP contribution in [0.4, 0.5) is 16.4 Å². The number of nitrogens with zero attached hydrogens (tertiary/aromatic N) is 8.